The van der Waals surface area contributed by atoms with Crippen LogP contribution in [0.2, 0.25) is 0 Å². The van der Waals surface area contributed by atoms with Gasteiger partial charge in [-0.2, -0.15) is 11.8 Å². The first-order valence-electron chi connectivity index (χ1n) is 7.13. The number of hydrogen-bond donors (Lipinski definition) is 1. The van der Waals surface area contributed by atoms with Gasteiger partial charge >= 0.3 is 0 Å². The molecule has 3 heteroatoms. The summed E-state index contributed by atoms with van der Waals surface area (Å²) in [5.41, 5.74) is 0. The zero-order valence-electron chi connectivity index (χ0n) is 11.6. The minimum Gasteiger partial charge on any atom is -0.464 e. The summed E-state index contributed by atoms with van der Waals surface area (Å²) in [6, 6.07) is 4.73. The fourth-order valence-electron chi connectivity index (χ4n) is 2.40. The molecule has 1 aliphatic carbocycles. The summed E-state index contributed by atoms with van der Waals surface area (Å²) in [5, 5.41) is 3.38. The van der Waals surface area contributed by atoms with E-state index < -0.39 is 0 Å². The molecule has 18 heavy (non-hydrogen) atoms. The van der Waals surface area contributed by atoms with Crippen molar-refractivity contribution >= 4 is 11.8 Å². The fourth-order valence-corrected chi connectivity index (χ4v) is 3.54. The highest BCUT2D eigenvalue weighted by Crippen LogP contribution is 2.29. The second kappa shape index (κ2) is 7.25. The van der Waals surface area contributed by atoms with E-state index in [1.165, 1.54) is 31.4 Å². The Bertz CT molecular complexity index is 342. The lowest BCUT2D eigenvalue weighted by molar-refractivity contribution is 0.445. The van der Waals surface area contributed by atoms with Crippen molar-refractivity contribution in [2.24, 2.45) is 5.92 Å². The van der Waals surface area contributed by atoms with Crippen LogP contribution in [0.5, 0.6) is 0 Å². The van der Waals surface area contributed by atoms with Gasteiger partial charge in [-0.25, -0.2) is 0 Å². The van der Waals surface area contributed by atoms with Gasteiger partial charge in [-0.15, -0.1) is 0 Å². The Hall–Kier alpha value is -0.410. The summed E-state index contributed by atoms with van der Waals surface area (Å²) in [6.07, 6.45) is 5.76. The van der Waals surface area contributed by atoms with Crippen molar-refractivity contribution in [3.05, 3.63) is 23.7 Å². The predicted octanol–water partition coefficient (Wildman–Crippen LogP) is 4.20. The molecular formula is C15H25NOS. The van der Waals surface area contributed by atoms with Crippen LogP contribution in [0.1, 0.15) is 51.1 Å². The van der Waals surface area contributed by atoms with E-state index in [0.717, 1.165) is 29.7 Å². The van der Waals surface area contributed by atoms with Gasteiger partial charge in [0, 0.05) is 6.04 Å². The van der Waals surface area contributed by atoms with Gasteiger partial charge < -0.3 is 9.73 Å². The van der Waals surface area contributed by atoms with E-state index in [-0.39, 0.29) is 0 Å². The normalized spacial score (nSPS) is 16.8. The minimum absolute atomic E-state index is 0.510. The second-order valence-electron chi connectivity index (χ2n) is 5.57. The van der Waals surface area contributed by atoms with Gasteiger partial charge in [0.1, 0.15) is 11.5 Å². The van der Waals surface area contributed by atoms with Crippen LogP contribution in [0.25, 0.3) is 0 Å². The van der Waals surface area contributed by atoms with Crippen molar-refractivity contribution < 1.29 is 4.42 Å². The fraction of sp³-hybridized carbons (Fsp3) is 0.733. The van der Waals surface area contributed by atoms with Crippen LogP contribution in [-0.2, 0) is 12.3 Å². The molecule has 1 N–H and O–H groups in total. The van der Waals surface area contributed by atoms with Crippen LogP contribution >= 0.6 is 11.8 Å². The lowest BCUT2D eigenvalue weighted by atomic mass is 10.1. The maximum atomic E-state index is 5.82. The van der Waals surface area contributed by atoms with E-state index >= 15 is 0 Å². The molecule has 1 heterocycles. The maximum Gasteiger partial charge on any atom is 0.118 e. The van der Waals surface area contributed by atoms with E-state index in [1.807, 2.05) is 11.8 Å². The molecule has 1 aromatic rings. The van der Waals surface area contributed by atoms with Crippen LogP contribution in [0, 0.1) is 5.92 Å². The van der Waals surface area contributed by atoms with Gasteiger partial charge in [-0.05, 0) is 36.6 Å². The van der Waals surface area contributed by atoms with Gasteiger partial charge in [-0.3, -0.25) is 0 Å². The van der Waals surface area contributed by atoms with Gasteiger partial charge in [0.05, 0.1) is 12.3 Å². The van der Waals surface area contributed by atoms with Crippen molar-refractivity contribution in [1.82, 2.24) is 5.32 Å². The van der Waals surface area contributed by atoms with Crippen LogP contribution in [0.15, 0.2) is 16.5 Å². The molecule has 2 rings (SSSR count). The zero-order chi connectivity index (χ0) is 12.8. The summed E-state index contributed by atoms with van der Waals surface area (Å²) in [5.74, 6) is 5.48. The first-order chi connectivity index (χ1) is 8.74. The Kier molecular flexibility index (Phi) is 5.64. The van der Waals surface area contributed by atoms with Crippen LogP contribution in [0.4, 0.5) is 0 Å². The summed E-state index contributed by atoms with van der Waals surface area (Å²) in [6.45, 7) is 5.15. The SMILES string of the molecule is CC(C)NCc1ccc(CSCC2CCCC2)o1. The zero-order valence-corrected chi connectivity index (χ0v) is 12.4. The standard InChI is InChI=1S/C15H25NOS/c1-12(2)16-9-14-7-8-15(17-14)11-18-10-13-5-3-4-6-13/h7-8,12-13,16H,3-6,9-11H2,1-2H3. The molecule has 0 atom stereocenters. The summed E-state index contributed by atoms with van der Waals surface area (Å²) < 4.78 is 5.82. The highest BCUT2D eigenvalue weighted by atomic mass is 32.2. The topological polar surface area (TPSA) is 25.2 Å². The van der Waals surface area contributed by atoms with Crippen LogP contribution in [-0.4, -0.2) is 11.8 Å². The van der Waals surface area contributed by atoms with E-state index in [9.17, 15) is 0 Å². The Balaban J connectivity index is 1.66. The van der Waals surface area contributed by atoms with Crippen molar-refractivity contribution in [3.63, 3.8) is 0 Å². The largest absolute Gasteiger partial charge is 0.464 e. The molecule has 0 radical (unpaired) electrons. The number of hydrogen-bond acceptors (Lipinski definition) is 3. The highest BCUT2D eigenvalue weighted by Gasteiger charge is 2.14. The molecule has 0 bridgehead atoms. The third-order valence-electron chi connectivity index (χ3n) is 3.47. The molecule has 0 amide bonds. The molecule has 1 aromatic heterocycles. The van der Waals surface area contributed by atoms with E-state index in [1.54, 1.807) is 0 Å². The van der Waals surface area contributed by atoms with Crippen LogP contribution in [0.3, 0.4) is 0 Å². The van der Waals surface area contributed by atoms with E-state index in [0.29, 0.717) is 6.04 Å². The third kappa shape index (κ3) is 4.69. The molecule has 102 valence electrons. The number of thioether (sulfide) groups is 1. The molecule has 1 aliphatic rings. The quantitative estimate of drug-likeness (QED) is 0.801. The van der Waals surface area contributed by atoms with Gasteiger partial charge in [0.2, 0.25) is 0 Å². The lowest BCUT2D eigenvalue weighted by Crippen LogP contribution is -2.21. The molecule has 0 aliphatic heterocycles. The molecule has 2 nitrogen and oxygen atoms in total. The molecule has 0 saturated heterocycles. The maximum absolute atomic E-state index is 5.82. The average Bonchev–Trinajstić information content (AvgIpc) is 2.97. The van der Waals surface area contributed by atoms with Gasteiger partial charge in [0.25, 0.3) is 0 Å². The highest BCUT2D eigenvalue weighted by molar-refractivity contribution is 7.98. The Morgan fingerprint density at radius 2 is 2.00 bits per heavy atom. The number of furan rings is 1. The molecule has 1 saturated carbocycles. The lowest BCUT2D eigenvalue weighted by Gasteiger charge is -2.07. The van der Waals surface area contributed by atoms with Crippen molar-refractivity contribution in [2.45, 2.75) is 57.9 Å². The summed E-state index contributed by atoms with van der Waals surface area (Å²) in [4.78, 5) is 0. The van der Waals surface area contributed by atoms with Crippen molar-refractivity contribution in [3.8, 4) is 0 Å². The molecular weight excluding hydrogens is 242 g/mol. The minimum atomic E-state index is 0.510. The summed E-state index contributed by atoms with van der Waals surface area (Å²) in [7, 11) is 0. The van der Waals surface area contributed by atoms with E-state index in [2.05, 4.69) is 31.3 Å². The van der Waals surface area contributed by atoms with Crippen molar-refractivity contribution in [1.29, 1.82) is 0 Å². The van der Waals surface area contributed by atoms with Gasteiger partial charge in [0.15, 0.2) is 0 Å². The monoisotopic (exact) mass is 267 g/mol. The first kappa shape index (κ1) is 14.0. The third-order valence-corrected chi connectivity index (χ3v) is 4.67. The Labute approximate surface area is 115 Å². The smallest absolute Gasteiger partial charge is 0.118 e. The molecule has 0 spiro atoms. The van der Waals surface area contributed by atoms with Crippen molar-refractivity contribution in [2.75, 3.05) is 5.75 Å². The number of nitrogens with one attached hydrogen (secondary N) is 1. The first-order valence-corrected chi connectivity index (χ1v) is 8.28. The predicted molar refractivity (Wildman–Crippen MR) is 78.8 cm³/mol. The molecule has 0 aromatic carbocycles. The molecule has 1 fully saturated rings. The number of rotatable bonds is 7. The average molecular weight is 267 g/mol. The van der Waals surface area contributed by atoms with E-state index in [4.69, 9.17) is 4.42 Å². The molecule has 0 unspecified atom stereocenters. The van der Waals surface area contributed by atoms with Gasteiger partial charge in [-0.1, -0.05) is 26.7 Å². The summed E-state index contributed by atoms with van der Waals surface area (Å²) >= 11 is 2.03. The second-order valence-corrected chi connectivity index (χ2v) is 6.60. The van der Waals surface area contributed by atoms with Crippen LogP contribution < -0.4 is 5.32 Å². The Morgan fingerprint density at radius 3 is 2.72 bits per heavy atom. The Morgan fingerprint density at radius 1 is 1.28 bits per heavy atom.